The lowest BCUT2D eigenvalue weighted by Gasteiger charge is -2.51. The maximum atomic E-state index is 12.9. The molecule has 70 heavy (non-hydrogen) atoms. The fourth-order valence-electron chi connectivity index (χ4n) is 8.89. The molecule has 9 unspecified atom stereocenters. The predicted octanol–water partition coefficient (Wildman–Crippen LogP) is -11.5. The van der Waals surface area contributed by atoms with Gasteiger partial charge in [0.1, 0.15) is 110 Å². The highest BCUT2D eigenvalue weighted by atomic mass is 16.8. The molecule has 0 bridgehead atoms. The number of nitrogens with one attached hydrogen (secondary N) is 1. The average Bonchev–Trinajstić information content (AvgIpc) is 3.33. The molecule has 0 aromatic rings. The van der Waals surface area contributed by atoms with Crippen LogP contribution in [0.2, 0.25) is 0 Å². The highest BCUT2D eigenvalue weighted by Crippen LogP contribution is 2.41. The van der Waals surface area contributed by atoms with E-state index in [0.717, 1.165) is 12.0 Å². The molecule has 26 atom stereocenters. The summed E-state index contributed by atoms with van der Waals surface area (Å²) in [6, 6.07) is -1.78. The van der Waals surface area contributed by atoms with Gasteiger partial charge in [-0.15, -0.1) is 0 Å². The molecule has 0 aromatic heterocycles. The Labute approximate surface area is 398 Å². The first-order valence-corrected chi connectivity index (χ1v) is 22.4. The monoisotopic (exact) mass is 1030 g/mol. The van der Waals surface area contributed by atoms with Gasteiger partial charge in [-0.1, -0.05) is 6.92 Å². The molecular formula is C39H69N3O28. The minimum absolute atomic E-state index is 0.000554. The zero-order chi connectivity index (χ0) is 52.1. The molecule has 5 fully saturated rings. The second-order valence-corrected chi connectivity index (χ2v) is 17.6. The smallest absolute Gasteiger partial charge is 0.364 e. The van der Waals surface area contributed by atoms with Gasteiger partial charge in [0.2, 0.25) is 5.91 Å². The Morgan fingerprint density at radius 1 is 0.700 bits per heavy atom. The molecule has 5 heterocycles. The zero-order valence-electron chi connectivity index (χ0n) is 38.2. The highest BCUT2D eigenvalue weighted by molar-refractivity contribution is 5.76. The Hall–Kier alpha value is -2.14. The molecule has 0 saturated carbocycles. The number of hydrogen-bond donors (Lipinski definition) is 18. The first-order chi connectivity index (χ1) is 33.0. The Morgan fingerprint density at radius 2 is 1.20 bits per heavy atom. The van der Waals surface area contributed by atoms with Crippen LogP contribution in [-0.2, 0) is 57.1 Å². The van der Waals surface area contributed by atoms with Gasteiger partial charge < -0.3 is 135 Å². The lowest BCUT2D eigenvalue weighted by Crippen LogP contribution is -2.70. The molecule has 5 aliphatic rings. The normalized spacial score (nSPS) is 45.8. The van der Waals surface area contributed by atoms with Gasteiger partial charge in [0.15, 0.2) is 25.1 Å². The van der Waals surface area contributed by atoms with Crippen molar-refractivity contribution in [2.24, 2.45) is 11.7 Å². The van der Waals surface area contributed by atoms with Gasteiger partial charge in [-0.2, -0.15) is 5.06 Å². The third-order valence-corrected chi connectivity index (χ3v) is 12.8. The number of hydrogen-bond acceptors (Lipinski definition) is 29. The molecule has 0 radical (unpaired) electrons. The first kappa shape index (κ1) is 58.7. The highest BCUT2D eigenvalue weighted by Gasteiger charge is 2.60. The van der Waals surface area contributed by atoms with E-state index in [-0.39, 0.29) is 13.2 Å². The lowest BCUT2D eigenvalue weighted by atomic mass is 9.84. The van der Waals surface area contributed by atoms with Crippen LogP contribution >= 0.6 is 0 Å². The van der Waals surface area contributed by atoms with Crippen molar-refractivity contribution < 1.29 is 139 Å². The SMILES string of the molecule is CC(=O)NC1[C@H](O[C@H]2C(CO)O[C@@H](O[C@@H]3C(CO)O[C@@H](N(C)OCCN)C(O)[C@H]3O)C(O)[C@H]2O)OC(CO)[C@H](O)[C@@H]1O[C@@H]1OC(CO)[C@H](O)[C@H](O[C@]2(C(=O)O)CC(O)[C@@H](C)[C@H]([C@H](O)[C@H](O)CO)O2)C1O. The molecule has 408 valence electrons. The molecule has 0 spiro atoms. The van der Waals surface area contributed by atoms with Gasteiger partial charge in [0.05, 0.1) is 51.8 Å². The summed E-state index contributed by atoms with van der Waals surface area (Å²) in [5.74, 6) is -6.95. The van der Waals surface area contributed by atoms with Crippen LogP contribution in [0.25, 0.3) is 0 Å². The van der Waals surface area contributed by atoms with Crippen molar-refractivity contribution in [2.45, 2.75) is 173 Å². The average molecular weight is 1030 g/mol. The number of carboxylic acid groups (broad SMARTS) is 1. The Balaban J connectivity index is 1.39. The van der Waals surface area contributed by atoms with Crippen molar-refractivity contribution in [2.75, 3.05) is 53.2 Å². The van der Waals surface area contributed by atoms with E-state index in [1.165, 1.54) is 14.0 Å². The fourth-order valence-corrected chi connectivity index (χ4v) is 8.89. The van der Waals surface area contributed by atoms with Crippen LogP contribution in [0.15, 0.2) is 0 Å². The molecule has 5 rings (SSSR count). The molecule has 0 aliphatic carbocycles. The van der Waals surface area contributed by atoms with Crippen molar-refractivity contribution >= 4 is 11.9 Å². The van der Waals surface area contributed by atoms with Gasteiger partial charge >= 0.3 is 5.97 Å². The van der Waals surface area contributed by atoms with Crippen LogP contribution in [0.1, 0.15) is 20.3 Å². The van der Waals surface area contributed by atoms with E-state index in [1.807, 2.05) is 0 Å². The summed E-state index contributed by atoms with van der Waals surface area (Å²) in [5.41, 5.74) is 5.45. The number of aliphatic hydroxyl groups is 15. The van der Waals surface area contributed by atoms with Crippen molar-refractivity contribution in [3.63, 3.8) is 0 Å². The van der Waals surface area contributed by atoms with Crippen LogP contribution in [0.5, 0.6) is 0 Å². The quantitative estimate of drug-likeness (QED) is 0.0475. The van der Waals surface area contributed by atoms with E-state index < -0.39 is 210 Å². The standard InChI is InChI=1S/C39H69N3O28/c1-12-14(49)6-39(38(59)60,69-29(12)21(51)15(50)7-43)70-33-23(53)17(9-45)64-37(28(33)58)68-32-20(41-13(2)48)35(63-16(8-44)22(32)52)66-31-19(11-47)65-36(27(57)25(31)55)67-30-18(10-46)62-34(26(56)24(30)54)42(3)61-5-4-40/h12,14-37,43-47,49-58H,4-11,40H2,1-3H3,(H,41,48)(H,59,60)/t12-,14?,15-,16?,17?,18?,19?,20?,21-,22+,23+,24-,25-,26?,27?,28?,29-,30-,31+,32-,33+,34-,35+,36+,37+,39+/m1/s1. The predicted molar refractivity (Wildman–Crippen MR) is 219 cm³/mol. The number of aliphatic carboxylic acids is 1. The summed E-state index contributed by atoms with van der Waals surface area (Å²) in [5, 5.41) is 175. The number of amides is 1. The molecule has 31 nitrogen and oxygen atoms in total. The number of nitrogens with two attached hydrogens (primary N) is 1. The van der Waals surface area contributed by atoms with Crippen LogP contribution < -0.4 is 11.1 Å². The Kier molecular flexibility index (Phi) is 21.3. The number of carboxylic acids is 1. The molecule has 31 heteroatoms. The van der Waals surface area contributed by atoms with Crippen LogP contribution in [-0.4, -0.2) is 305 Å². The first-order valence-electron chi connectivity index (χ1n) is 22.4. The second kappa shape index (κ2) is 25.4. The number of likely N-dealkylation sites (N-methyl/N-ethyl adjacent to an activating group) is 1. The van der Waals surface area contributed by atoms with Crippen molar-refractivity contribution in [1.29, 1.82) is 0 Å². The van der Waals surface area contributed by atoms with Crippen LogP contribution in [0.3, 0.4) is 0 Å². The maximum absolute atomic E-state index is 12.9. The largest absolute Gasteiger partial charge is 0.477 e. The van der Waals surface area contributed by atoms with Crippen molar-refractivity contribution in [3.8, 4) is 0 Å². The van der Waals surface area contributed by atoms with Crippen LogP contribution in [0, 0.1) is 5.92 Å². The Bertz CT molecular complexity index is 1650. The minimum atomic E-state index is -3.02. The molecule has 19 N–H and O–H groups in total. The molecular weight excluding hydrogens is 958 g/mol. The van der Waals surface area contributed by atoms with E-state index >= 15 is 0 Å². The van der Waals surface area contributed by atoms with Gasteiger partial charge in [-0.05, 0) is 0 Å². The number of hydroxylamine groups is 2. The maximum Gasteiger partial charge on any atom is 0.364 e. The summed E-state index contributed by atoms with van der Waals surface area (Å²) in [6.45, 7) is -2.51. The minimum Gasteiger partial charge on any atom is -0.477 e. The number of carbonyl (C=O) groups is 2. The van der Waals surface area contributed by atoms with Gasteiger partial charge in [0, 0.05) is 32.9 Å². The number of aliphatic hydroxyl groups excluding tert-OH is 15. The second-order valence-electron chi connectivity index (χ2n) is 17.6. The van der Waals surface area contributed by atoms with E-state index in [2.05, 4.69) is 5.32 Å². The Morgan fingerprint density at radius 3 is 1.74 bits per heavy atom. The van der Waals surface area contributed by atoms with Gasteiger partial charge in [0.25, 0.3) is 5.79 Å². The van der Waals surface area contributed by atoms with Crippen molar-refractivity contribution in [3.05, 3.63) is 0 Å². The summed E-state index contributed by atoms with van der Waals surface area (Å²) >= 11 is 0. The number of carbonyl (C=O) groups excluding carboxylic acids is 1. The zero-order valence-corrected chi connectivity index (χ0v) is 38.2. The third kappa shape index (κ3) is 12.5. The van der Waals surface area contributed by atoms with E-state index in [1.54, 1.807) is 0 Å². The summed E-state index contributed by atoms with van der Waals surface area (Å²) < 4.78 is 51.9. The van der Waals surface area contributed by atoms with E-state index in [0.29, 0.717) is 0 Å². The lowest BCUT2D eigenvalue weighted by molar-refractivity contribution is -0.390. The number of ether oxygens (including phenoxy) is 9. The van der Waals surface area contributed by atoms with E-state index in [4.69, 9.17) is 53.2 Å². The molecule has 5 aliphatic heterocycles. The van der Waals surface area contributed by atoms with Gasteiger partial charge in [-0.3, -0.25) is 9.63 Å². The molecule has 1 amide bonds. The molecule has 0 aromatic carbocycles. The summed E-state index contributed by atoms with van der Waals surface area (Å²) in [6.07, 6.45) is -44.2. The third-order valence-electron chi connectivity index (χ3n) is 12.8. The summed E-state index contributed by atoms with van der Waals surface area (Å²) in [7, 11) is 1.36. The van der Waals surface area contributed by atoms with Crippen molar-refractivity contribution in [1.82, 2.24) is 10.4 Å². The van der Waals surface area contributed by atoms with Crippen LogP contribution in [0.4, 0.5) is 0 Å². The van der Waals surface area contributed by atoms with E-state index in [9.17, 15) is 91.3 Å². The van der Waals surface area contributed by atoms with Gasteiger partial charge in [-0.25, -0.2) is 4.79 Å². The fraction of sp³-hybridized carbons (Fsp3) is 0.949. The molecule has 5 saturated heterocycles. The number of rotatable bonds is 21. The number of nitrogens with zero attached hydrogens (tertiary/aromatic N) is 1. The summed E-state index contributed by atoms with van der Waals surface area (Å²) in [4.78, 5) is 30.9. The topological polar surface area (TPSA) is 491 Å².